The fourth-order valence-corrected chi connectivity index (χ4v) is 6.89. The summed E-state index contributed by atoms with van der Waals surface area (Å²) in [4.78, 5) is 36.6. The lowest BCUT2D eigenvalue weighted by Gasteiger charge is -2.32. The Hall–Kier alpha value is -4.06. The number of carbonyl (C=O) groups excluding carboxylic acids is 2. The Kier molecular flexibility index (Phi) is 8.99. The highest BCUT2D eigenvalue weighted by Crippen LogP contribution is 2.35. The van der Waals surface area contributed by atoms with Crippen LogP contribution < -0.4 is 10.6 Å². The predicted octanol–water partition coefficient (Wildman–Crippen LogP) is 6.05. The van der Waals surface area contributed by atoms with Crippen molar-refractivity contribution in [3.8, 4) is 11.5 Å². The Labute approximate surface area is 272 Å². The van der Waals surface area contributed by atoms with Crippen LogP contribution in [-0.2, 0) is 22.5 Å². The van der Waals surface area contributed by atoms with Crippen molar-refractivity contribution in [2.75, 3.05) is 13.1 Å². The molecular formula is C35H43F3N6O3. The summed E-state index contributed by atoms with van der Waals surface area (Å²) < 4.78 is 51.2. The number of amides is 2. The lowest BCUT2D eigenvalue weighted by Crippen LogP contribution is -2.53. The number of hydrogen-bond acceptors (Lipinski definition) is 5. The number of benzene rings is 2. The Morgan fingerprint density at radius 2 is 1.87 bits per heavy atom. The van der Waals surface area contributed by atoms with Crippen molar-refractivity contribution >= 4 is 33.9 Å². The van der Waals surface area contributed by atoms with Gasteiger partial charge in [0.25, 0.3) is 0 Å². The molecule has 4 aromatic rings. The summed E-state index contributed by atoms with van der Waals surface area (Å²) >= 11 is 0. The van der Waals surface area contributed by atoms with Crippen LogP contribution in [0, 0.1) is 11.7 Å². The number of hydrogen-bond donors (Lipinski definition) is 3. The summed E-state index contributed by atoms with van der Waals surface area (Å²) in [5.74, 6) is -0.603. The van der Waals surface area contributed by atoms with Crippen LogP contribution >= 0.6 is 0 Å². The van der Waals surface area contributed by atoms with Gasteiger partial charge in [-0.25, -0.2) is 22.9 Å². The second-order valence-electron chi connectivity index (χ2n) is 14.2. The van der Waals surface area contributed by atoms with Crippen LogP contribution in [0.25, 0.3) is 33.5 Å². The summed E-state index contributed by atoms with van der Waals surface area (Å²) in [6.07, 6.45) is -1.87. The summed E-state index contributed by atoms with van der Waals surface area (Å²) in [6, 6.07) is 10.6. The SMILES string of the molecule is CC(C)[C@H](NC(=O)OC(C)(C)C)C(=O)N1C[C@@H](F)C[C@H]1Cn1c(-c2[nH]c3ccccc3c2C[C@@H]2C[C@H](F)CN2)nc2cc(F)ccc21. The van der Waals surface area contributed by atoms with Gasteiger partial charge >= 0.3 is 6.09 Å². The third-order valence-corrected chi connectivity index (χ3v) is 9.01. The van der Waals surface area contributed by atoms with E-state index >= 15 is 4.39 Å². The summed E-state index contributed by atoms with van der Waals surface area (Å²) in [5.41, 5.74) is 2.85. The summed E-state index contributed by atoms with van der Waals surface area (Å²) in [7, 11) is 0. The molecule has 12 heteroatoms. The molecule has 2 amide bonds. The number of imidazole rings is 1. The van der Waals surface area contributed by atoms with Gasteiger partial charge in [-0.3, -0.25) is 4.79 Å². The van der Waals surface area contributed by atoms with Gasteiger partial charge in [0.2, 0.25) is 5.91 Å². The van der Waals surface area contributed by atoms with E-state index in [1.165, 1.54) is 17.0 Å². The molecule has 2 aromatic carbocycles. The van der Waals surface area contributed by atoms with Crippen molar-refractivity contribution in [3.05, 3.63) is 53.8 Å². The van der Waals surface area contributed by atoms with Gasteiger partial charge in [0.15, 0.2) is 5.82 Å². The quantitative estimate of drug-likeness (QED) is 0.215. The van der Waals surface area contributed by atoms with Gasteiger partial charge in [-0.15, -0.1) is 0 Å². The van der Waals surface area contributed by atoms with Gasteiger partial charge in [0, 0.05) is 42.5 Å². The van der Waals surface area contributed by atoms with Crippen LogP contribution in [0.5, 0.6) is 0 Å². The molecule has 47 heavy (non-hydrogen) atoms. The van der Waals surface area contributed by atoms with E-state index in [4.69, 9.17) is 9.72 Å². The molecule has 0 saturated carbocycles. The van der Waals surface area contributed by atoms with Crippen LogP contribution in [0.2, 0.25) is 0 Å². The van der Waals surface area contributed by atoms with E-state index in [1.807, 2.05) is 42.7 Å². The van der Waals surface area contributed by atoms with Gasteiger partial charge in [0.05, 0.1) is 29.3 Å². The number of alkyl halides is 2. The lowest BCUT2D eigenvalue weighted by atomic mass is 10.0. The third kappa shape index (κ3) is 6.97. The number of fused-ring (bicyclic) bond motifs is 2. The van der Waals surface area contributed by atoms with E-state index in [1.54, 1.807) is 26.8 Å². The number of halogens is 3. The maximum Gasteiger partial charge on any atom is 0.408 e. The first-order valence-corrected chi connectivity index (χ1v) is 16.3. The normalized spacial score (nSPS) is 22.4. The molecule has 3 N–H and O–H groups in total. The molecular weight excluding hydrogens is 609 g/mol. The Bertz CT molecular complexity index is 1780. The van der Waals surface area contributed by atoms with Crippen LogP contribution in [0.1, 0.15) is 53.0 Å². The van der Waals surface area contributed by atoms with Crippen molar-refractivity contribution in [3.63, 3.8) is 0 Å². The van der Waals surface area contributed by atoms with Crippen molar-refractivity contribution in [1.29, 1.82) is 0 Å². The highest BCUT2D eigenvalue weighted by atomic mass is 19.1. The first-order chi connectivity index (χ1) is 22.3. The Morgan fingerprint density at radius 1 is 1.11 bits per heavy atom. The number of nitrogens with zero attached hydrogens (tertiary/aromatic N) is 3. The van der Waals surface area contributed by atoms with Crippen molar-refractivity contribution < 1.29 is 27.5 Å². The molecule has 2 aromatic heterocycles. The van der Waals surface area contributed by atoms with Crippen molar-refractivity contribution in [1.82, 2.24) is 30.1 Å². The highest BCUT2D eigenvalue weighted by Gasteiger charge is 2.41. The fourth-order valence-electron chi connectivity index (χ4n) is 6.89. The highest BCUT2D eigenvalue weighted by molar-refractivity contribution is 5.92. The molecule has 0 bridgehead atoms. The molecule has 0 radical (unpaired) electrons. The van der Waals surface area contributed by atoms with E-state index in [-0.39, 0.29) is 31.5 Å². The molecule has 0 spiro atoms. The predicted molar refractivity (Wildman–Crippen MR) is 175 cm³/mol. The number of aromatic nitrogens is 3. The molecule has 252 valence electrons. The Balaban J connectivity index is 1.38. The second kappa shape index (κ2) is 12.9. The van der Waals surface area contributed by atoms with Crippen LogP contribution in [-0.4, -0.2) is 80.6 Å². The first kappa shape index (κ1) is 32.9. The minimum Gasteiger partial charge on any atom is -0.444 e. The van der Waals surface area contributed by atoms with E-state index < -0.39 is 47.8 Å². The minimum absolute atomic E-state index is 0.0705. The second-order valence-corrected chi connectivity index (χ2v) is 14.2. The van der Waals surface area contributed by atoms with Gasteiger partial charge in [-0.05, 0) is 63.3 Å². The molecule has 4 heterocycles. The van der Waals surface area contributed by atoms with Crippen LogP contribution in [0.3, 0.4) is 0 Å². The van der Waals surface area contributed by atoms with Gasteiger partial charge in [0.1, 0.15) is 29.8 Å². The third-order valence-electron chi connectivity index (χ3n) is 9.01. The molecule has 2 aliphatic rings. The number of carbonyl (C=O) groups is 2. The fraction of sp³-hybridized carbons (Fsp3) is 0.514. The van der Waals surface area contributed by atoms with Gasteiger partial charge in [-0.1, -0.05) is 32.0 Å². The number of H-pyrrole nitrogens is 1. The molecule has 6 rings (SSSR count). The Morgan fingerprint density at radius 3 is 2.57 bits per heavy atom. The van der Waals surface area contributed by atoms with E-state index in [0.29, 0.717) is 41.9 Å². The molecule has 9 nitrogen and oxygen atoms in total. The van der Waals surface area contributed by atoms with Crippen molar-refractivity contribution in [2.24, 2.45) is 5.92 Å². The van der Waals surface area contributed by atoms with Gasteiger partial charge < -0.3 is 29.8 Å². The first-order valence-electron chi connectivity index (χ1n) is 16.3. The standard InChI is InChI=1S/C35H43F3N6O3/c1-19(2)30(42-34(46)47-35(3,4)5)33(45)43-17-22(38)13-24(43)18-44-29-11-10-20(36)14-28(29)41-32(44)31-26(15-23-12-21(37)16-39-23)25-8-6-7-9-27(25)40-31/h6-11,14,19,21-24,30,39-40H,12-13,15-18H2,1-5H3,(H,42,46)/t21-,22-,23-,24-,30-/m0/s1. The molecule has 5 atom stereocenters. The smallest absolute Gasteiger partial charge is 0.408 e. The maximum absolute atomic E-state index is 15.2. The average molecular weight is 653 g/mol. The molecule has 0 unspecified atom stereocenters. The number of ether oxygens (including phenoxy) is 1. The maximum atomic E-state index is 15.2. The van der Waals surface area contributed by atoms with Crippen LogP contribution in [0.4, 0.5) is 18.0 Å². The number of rotatable bonds is 8. The average Bonchev–Trinajstić information content (AvgIpc) is 3.75. The number of para-hydroxylation sites is 1. The van der Waals surface area contributed by atoms with E-state index in [2.05, 4.69) is 15.6 Å². The lowest BCUT2D eigenvalue weighted by molar-refractivity contribution is -0.135. The van der Waals surface area contributed by atoms with E-state index in [0.717, 1.165) is 16.5 Å². The summed E-state index contributed by atoms with van der Waals surface area (Å²) in [6.45, 7) is 9.22. The number of nitrogens with one attached hydrogen (secondary N) is 3. The zero-order valence-electron chi connectivity index (χ0n) is 27.4. The number of aromatic amines is 1. The minimum atomic E-state index is -1.26. The monoisotopic (exact) mass is 652 g/mol. The number of likely N-dealkylation sites (tertiary alicyclic amines) is 1. The largest absolute Gasteiger partial charge is 0.444 e. The molecule has 2 saturated heterocycles. The topological polar surface area (TPSA) is 104 Å². The van der Waals surface area contributed by atoms with Crippen molar-refractivity contribution in [2.45, 2.75) is 96.5 Å². The zero-order valence-corrected chi connectivity index (χ0v) is 27.4. The summed E-state index contributed by atoms with van der Waals surface area (Å²) in [5, 5.41) is 6.95. The van der Waals surface area contributed by atoms with E-state index in [9.17, 15) is 18.4 Å². The number of alkyl carbamates (subject to hydrolysis) is 1. The zero-order chi connectivity index (χ0) is 33.6. The van der Waals surface area contributed by atoms with Crippen LogP contribution in [0.15, 0.2) is 42.5 Å². The van der Waals surface area contributed by atoms with Gasteiger partial charge in [-0.2, -0.15) is 0 Å². The molecule has 2 fully saturated rings. The molecule has 2 aliphatic heterocycles. The molecule has 0 aliphatic carbocycles.